The Balaban J connectivity index is 1.94. The van der Waals surface area contributed by atoms with E-state index >= 15 is 0 Å². The van der Waals surface area contributed by atoms with Gasteiger partial charge in [-0.25, -0.2) is 27.3 Å². The highest BCUT2D eigenvalue weighted by molar-refractivity contribution is 6.01. The number of aromatic nitrogens is 2. The van der Waals surface area contributed by atoms with Gasteiger partial charge in [-0.2, -0.15) is 0 Å². The van der Waals surface area contributed by atoms with E-state index in [2.05, 4.69) is 9.97 Å². The number of aromatic carboxylic acids is 1. The molecule has 3 aromatic rings. The van der Waals surface area contributed by atoms with Crippen LogP contribution in [0.15, 0.2) is 48.6 Å². The van der Waals surface area contributed by atoms with Crippen molar-refractivity contribution in [1.29, 1.82) is 0 Å². The molecule has 2 aromatic carbocycles. The summed E-state index contributed by atoms with van der Waals surface area (Å²) in [6, 6.07) is 4.10. The Morgan fingerprint density at radius 1 is 0.967 bits per heavy atom. The van der Waals surface area contributed by atoms with Crippen LogP contribution in [0, 0.1) is 23.3 Å². The largest absolute Gasteiger partial charge is 0.478 e. The predicted octanol–water partition coefficient (Wildman–Crippen LogP) is 5.77. The highest BCUT2D eigenvalue weighted by Gasteiger charge is 2.29. The molecule has 4 rings (SSSR count). The van der Waals surface area contributed by atoms with Crippen LogP contribution in [0.25, 0.3) is 28.0 Å². The fourth-order valence-electron chi connectivity index (χ4n) is 3.31. The fourth-order valence-corrected chi connectivity index (χ4v) is 3.31. The maximum Gasteiger partial charge on any atom is 0.337 e. The molecule has 152 valence electrons. The number of fused-ring (bicyclic) bond motifs is 1. The monoisotopic (exact) mass is 414 g/mol. The molecule has 0 aliphatic heterocycles. The van der Waals surface area contributed by atoms with Gasteiger partial charge in [0.25, 0.3) is 0 Å². The van der Waals surface area contributed by atoms with Gasteiger partial charge < -0.3 is 10.1 Å². The smallest absolute Gasteiger partial charge is 0.337 e. The molecule has 0 saturated heterocycles. The first-order valence-electron chi connectivity index (χ1n) is 9.02. The van der Waals surface area contributed by atoms with Crippen molar-refractivity contribution in [3.05, 3.63) is 83.0 Å². The lowest BCUT2D eigenvalue weighted by Gasteiger charge is -2.12. The first kappa shape index (κ1) is 19.6. The molecule has 0 amide bonds. The van der Waals surface area contributed by atoms with Gasteiger partial charge in [0.1, 0.15) is 11.3 Å². The van der Waals surface area contributed by atoms with Crippen molar-refractivity contribution in [3.8, 4) is 11.4 Å². The number of hydrogen-bond donors (Lipinski definition) is 2. The molecule has 0 radical (unpaired) electrons. The van der Waals surface area contributed by atoms with Crippen molar-refractivity contribution in [2.45, 2.75) is 12.8 Å². The molecule has 1 aromatic heterocycles. The molecule has 0 saturated carbocycles. The van der Waals surface area contributed by atoms with E-state index in [-0.39, 0.29) is 22.2 Å². The number of rotatable bonds is 3. The van der Waals surface area contributed by atoms with E-state index in [1.807, 2.05) is 0 Å². The lowest BCUT2D eigenvalue weighted by atomic mass is 9.98. The number of para-hydroxylation sites is 1. The molecular formula is C22H14F4N2O2. The lowest BCUT2D eigenvalue weighted by Crippen LogP contribution is -2.06. The lowest BCUT2D eigenvalue weighted by molar-refractivity contribution is 0.0699. The number of nitrogens with zero attached hydrogens (tertiary/aromatic N) is 1. The third-order valence-electron chi connectivity index (χ3n) is 4.74. The van der Waals surface area contributed by atoms with Gasteiger partial charge in [0, 0.05) is 0 Å². The summed E-state index contributed by atoms with van der Waals surface area (Å²) in [5.41, 5.74) is -2.01. The van der Waals surface area contributed by atoms with Crippen molar-refractivity contribution in [2.75, 3.05) is 0 Å². The number of imidazole rings is 1. The number of allylic oxidation sites excluding steroid dienone is 6. The molecule has 0 bridgehead atoms. The SMILES string of the molecule is O=C(O)c1cccc2[nH]c(-c3c(F)c(F)c(C4=C/C=C\CC/C=C\4)c(F)c3F)nc12. The summed E-state index contributed by atoms with van der Waals surface area (Å²) in [6.07, 6.45) is 9.12. The van der Waals surface area contributed by atoms with Crippen LogP contribution in [0.3, 0.4) is 0 Å². The average molecular weight is 414 g/mol. The van der Waals surface area contributed by atoms with Gasteiger partial charge >= 0.3 is 5.97 Å². The fraction of sp³-hybridized carbons (Fsp3) is 0.0909. The van der Waals surface area contributed by atoms with Crippen molar-refractivity contribution >= 4 is 22.6 Å². The van der Waals surface area contributed by atoms with E-state index in [9.17, 15) is 27.5 Å². The number of H-pyrrole nitrogens is 1. The van der Waals surface area contributed by atoms with Crippen molar-refractivity contribution in [2.24, 2.45) is 0 Å². The summed E-state index contributed by atoms with van der Waals surface area (Å²) in [5.74, 6) is -8.19. The molecule has 0 unspecified atom stereocenters. The summed E-state index contributed by atoms with van der Waals surface area (Å²) < 4.78 is 59.5. The van der Waals surface area contributed by atoms with E-state index < -0.39 is 46.2 Å². The highest BCUT2D eigenvalue weighted by Crippen LogP contribution is 2.35. The van der Waals surface area contributed by atoms with Gasteiger partial charge in [0.05, 0.1) is 22.2 Å². The van der Waals surface area contributed by atoms with Gasteiger partial charge in [-0.1, -0.05) is 36.4 Å². The Hall–Kier alpha value is -3.68. The van der Waals surface area contributed by atoms with Crippen LogP contribution >= 0.6 is 0 Å². The number of carboxylic acid groups (broad SMARTS) is 1. The van der Waals surface area contributed by atoms with Gasteiger partial charge in [-0.3, -0.25) is 0 Å². The number of nitrogens with one attached hydrogen (secondary N) is 1. The normalized spacial score (nSPS) is 17.8. The number of benzene rings is 2. The van der Waals surface area contributed by atoms with Crippen molar-refractivity contribution in [1.82, 2.24) is 9.97 Å². The minimum Gasteiger partial charge on any atom is -0.478 e. The maximum absolute atomic E-state index is 14.9. The molecular weight excluding hydrogens is 400 g/mol. The number of aromatic amines is 1. The minimum absolute atomic E-state index is 0.0110. The maximum atomic E-state index is 14.9. The summed E-state index contributed by atoms with van der Waals surface area (Å²) in [7, 11) is 0. The summed E-state index contributed by atoms with van der Waals surface area (Å²) >= 11 is 0. The second kappa shape index (κ2) is 7.62. The zero-order valence-electron chi connectivity index (χ0n) is 15.3. The Bertz CT molecular complexity index is 1240. The van der Waals surface area contributed by atoms with Crippen molar-refractivity contribution < 1.29 is 27.5 Å². The molecule has 0 atom stereocenters. The number of carbonyl (C=O) groups is 1. The topological polar surface area (TPSA) is 66.0 Å². The third kappa shape index (κ3) is 3.20. The molecule has 1 aliphatic rings. The first-order chi connectivity index (χ1) is 14.4. The quantitative estimate of drug-likeness (QED) is 0.422. The number of carboxylic acids is 1. The van der Waals surface area contributed by atoms with Crippen LogP contribution < -0.4 is 0 Å². The van der Waals surface area contributed by atoms with E-state index in [0.717, 1.165) is 6.42 Å². The standard InChI is InChI=1S/C22H14F4N2O2/c23-16-14(11-7-4-2-1-3-5-8-11)17(24)19(26)15(18(16)25)21-27-13-10-6-9-12(22(29)30)20(13)28-21/h2,4-10H,1,3H2,(H,27,28)(H,29,30)/b4-2-,8-5-,11-7+. The van der Waals surface area contributed by atoms with E-state index in [1.165, 1.54) is 30.4 Å². The zero-order valence-corrected chi connectivity index (χ0v) is 15.3. The van der Waals surface area contributed by atoms with Gasteiger partial charge in [0.15, 0.2) is 23.3 Å². The van der Waals surface area contributed by atoms with Crippen LogP contribution in [-0.4, -0.2) is 21.0 Å². The molecule has 4 nitrogen and oxygen atoms in total. The van der Waals surface area contributed by atoms with Gasteiger partial charge in [0.2, 0.25) is 0 Å². The van der Waals surface area contributed by atoms with Gasteiger partial charge in [-0.05, 0) is 30.5 Å². The number of hydrogen-bond acceptors (Lipinski definition) is 2. The summed E-state index contributed by atoms with van der Waals surface area (Å²) in [5, 5.41) is 9.24. The molecule has 30 heavy (non-hydrogen) atoms. The highest BCUT2D eigenvalue weighted by atomic mass is 19.2. The van der Waals surface area contributed by atoms with Crippen LogP contribution in [0.2, 0.25) is 0 Å². The molecule has 2 N–H and O–H groups in total. The molecule has 1 heterocycles. The van der Waals surface area contributed by atoms with Crippen LogP contribution in [0.1, 0.15) is 28.8 Å². The van der Waals surface area contributed by atoms with Crippen molar-refractivity contribution in [3.63, 3.8) is 0 Å². The second-order valence-corrected chi connectivity index (χ2v) is 6.63. The van der Waals surface area contributed by atoms with Gasteiger partial charge in [-0.15, -0.1) is 0 Å². The Kier molecular flexibility index (Phi) is 4.99. The summed E-state index contributed by atoms with van der Waals surface area (Å²) in [6.45, 7) is 0. The average Bonchev–Trinajstić information content (AvgIpc) is 3.11. The van der Waals surface area contributed by atoms with E-state index in [0.29, 0.717) is 6.42 Å². The third-order valence-corrected chi connectivity index (χ3v) is 4.74. The minimum atomic E-state index is -1.62. The number of halogens is 4. The molecule has 1 aliphatic carbocycles. The van der Waals surface area contributed by atoms with E-state index in [4.69, 9.17) is 0 Å². The summed E-state index contributed by atoms with van der Waals surface area (Å²) in [4.78, 5) is 17.8. The Morgan fingerprint density at radius 2 is 1.63 bits per heavy atom. The Morgan fingerprint density at radius 3 is 2.33 bits per heavy atom. The first-order valence-corrected chi connectivity index (χ1v) is 9.02. The molecule has 0 fully saturated rings. The Labute approximate surface area is 167 Å². The molecule has 8 heteroatoms. The zero-order chi connectivity index (χ0) is 21.4. The predicted molar refractivity (Wildman–Crippen MR) is 104 cm³/mol. The van der Waals surface area contributed by atoms with Crippen LogP contribution in [0.5, 0.6) is 0 Å². The van der Waals surface area contributed by atoms with E-state index in [1.54, 1.807) is 18.2 Å². The van der Waals surface area contributed by atoms with Crippen LogP contribution in [-0.2, 0) is 0 Å². The second-order valence-electron chi connectivity index (χ2n) is 6.63. The molecule has 0 spiro atoms. The van der Waals surface area contributed by atoms with Crippen LogP contribution in [0.4, 0.5) is 17.6 Å².